The van der Waals surface area contributed by atoms with Crippen molar-refractivity contribution in [2.24, 2.45) is 0 Å². The largest absolute Gasteiger partial charge is 0.496 e. The Morgan fingerprint density at radius 3 is 2.54 bits per heavy atom. The average Bonchev–Trinajstić information content (AvgIpc) is 2.77. The van der Waals surface area contributed by atoms with Crippen LogP contribution in [0.4, 0.5) is 5.82 Å². The third-order valence-corrected chi connectivity index (χ3v) is 4.48. The highest BCUT2D eigenvalue weighted by Crippen LogP contribution is 2.18. The topological polar surface area (TPSA) is 72.0 Å². The fourth-order valence-electron chi connectivity index (χ4n) is 2.96. The summed E-state index contributed by atoms with van der Waals surface area (Å²) >= 11 is 0. The van der Waals surface area contributed by atoms with Gasteiger partial charge < -0.3 is 19.3 Å². The summed E-state index contributed by atoms with van der Waals surface area (Å²) in [5.41, 5.74) is 0.763. The first-order chi connectivity index (χ1) is 13.7. The average molecular weight is 381 g/mol. The van der Waals surface area contributed by atoms with Crippen LogP contribution in [0.1, 0.15) is 5.56 Å². The van der Waals surface area contributed by atoms with Crippen LogP contribution in [0, 0.1) is 0 Å². The first kappa shape index (κ1) is 19.4. The first-order valence-corrected chi connectivity index (χ1v) is 9.09. The molecule has 0 atom stereocenters. The van der Waals surface area contributed by atoms with Crippen molar-refractivity contribution < 1.29 is 19.1 Å². The summed E-state index contributed by atoms with van der Waals surface area (Å²) in [5.74, 6) is 0.807. The Bertz CT molecular complexity index is 831. The lowest BCUT2D eigenvalue weighted by molar-refractivity contribution is -0.148. The second-order valence-electron chi connectivity index (χ2n) is 6.24. The maximum Gasteiger partial charge on any atom is 0.331 e. The molecule has 0 N–H and O–H groups in total. The summed E-state index contributed by atoms with van der Waals surface area (Å²) in [6.07, 6.45) is 4.66. The number of nitrogens with zero attached hydrogens (tertiary/aromatic N) is 3. The van der Waals surface area contributed by atoms with Crippen LogP contribution in [0.2, 0.25) is 0 Å². The quantitative estimate of drug-likeness (QED) is 0.563. The molecule has 7 nitrogen and oxygen atoms in total. The van der Waals surface area contributed by atoms with E-state index in [-0.39, 0.29) is 12.5 Å². The summed E-state index contributed by atoms with van der Waals surface area (Å²) in [5, 5.41) is 0. The molecular formula is C21H23N3O4. The van der Waals surface area contributed by atoms with Gasteiger partial charge in [0.25, 0.3) is 5.91 Å². The highest BCUT2D eigenvalue weighted by atomic mass is 16.5. The number of methoxy groups -OCH3 is 1. The minimum absolute atomic E-state index is 0.195. The number of para-hydroxylation sites is 1. The van der Waals surface area contributed by atoms with Gasteiger partial charge in [-0.1, -0.05) is 24.3 Å². The number of hydrogen-bond acceptors (Lipinski definition) is 6. The number of carbonyl (C=O) groups excluding carboxylic acids is 2. The Kier molecular flexibility index (Phi) is 6.62. The van der Waals surface area contributed by atoms with Gasteiger partial charge >= 0.3 is 5.97 Å². The molecule has 0 radical (unpaired) electrons. The first-order valence-electron chi connectivity index (χ1n) is 9.09. The highest BCUT2D eigenvalue weighted by Gasteiger charge is 2.22. The molecule has 3 rings (SSSR count). The van der Waals surface area contributed by atoms with Gasteiger partial charge in [-0.3, -0.25) is 4.79 Å². The predicted molar refractivity (Wildman–Crippen MR) is 106 cm³/mol. The van der Waals surface area contributed by atoms with Gasteiger partial charge in [-0.05, 0) is 24.3 Å². The molecule has 1 aliphatic heterocycles. The molecule has 2 aromatic rings. The zero-order chi connectivity index (χ0) is 19.8. The number of anilines is 1. The number of pyridine rings is 1. The molecule has 1 amide bonds. The fraction of sp³-hybridized carbons (Fsp3) is 0.286. The van der Waals surface area contributed by atoms with Crippen LogP contribution >= 0.6 is 0 Å². The van der Waals surface area contributed by atoms with Gasteiger partial charge in [0.05, 0.1) is 7.11 Å². The van der Waals surface area contributed by atoms with Crippen molar-refractivity contribution in [1.82, 2.24) is 9.88 Å². The Morgan fingerprint density at radius 2 is 1.82 bits per heavy atom. The second-order valence-corrected chi connectivity index (χ2v) is 6.24. The van der Waals surface area contributed by atoms with Gasteiger partial charge in [0.1, 0.15) is 11.6 Å². The van der Waals surface area contributed by atoms with Crippen molar-refractivity contribution in [3.63, 3.8) is 0 Å². The third-order valence-electron chi connectivity index (χ3n) is 4.48. The molecule has 0 spiro atoms. The number of benzene rings is 1. The van der Waals surface area contributed by atoms with E-state index in [1.54, 1.807) is 30.3 Å². The highest BCUT2D eigenvalue weighted by molar-refractivity contribution is 5.89. The predicted octanol–water partition coefficient (Wildman–Crippen LogP) is 2.00. The molecule has 1 aromatic heterocycles. The Hall–Kier alpha value is -3.35. The van der Waals surface area contributed by atoms with E-state index in [4.69, 9.17) is 9.47 Å². The van der Waals surface area contributed by atoms with Crippen LogP contribution in [0.5, 0.6) is 5.75 Å². The molecule has 1 saturated heterocycles. The van der Waals surface area contributed by atoms with E-state index in [1.807, 2.05) is 36.4 Å². The van der Waals surface area contributed by atoms with Crippen LogP contribution < -0.4 is 9.64 Å². The molecule has 1 aromatic carbocycles. The van der Waals surface area contributed by atoms with E-state index in [0.29, 0.717) is 31.9 Å². The molecule has 2 heterocycles. The summed E-state index contributed by atoms with van der Waals surface area (Å²) < 4.78 is 10.3. The van der Waals surface area contributed by atoms with Crippen molar-refractivity contribution in [3.05, 3.63) is 60.3 Å². The van der Waals surface area contributed by atoms with Gasteiger partial charge in [0, 0.05) is 44.0 Å². The Labute approximate surface area is 164 Å². The normalized spacial score (nSPS) is 14.2. The van der Waals surface area contributed by atoms with Crippen LogP contribution in [-0.4, -0.2) is 61.7 Å². The molecule has 0 saturated carbocycles. The van der Waals surface area contributed by atoms with E-state index in [2.05, 4.69) is 9.88 Å². The zero-order valence-electron chi connectivity index (χ0n) is 15.8. The number of esters is 1. The summed E-state index contributed by atoms with van der Waals surface area (Å²) in [7, 11) is 1.57. The van der Waals surface area contributed by atoms with Crippen molar-refractivity contribution in [2.45, 2.75) is 0 Å². The van der Waals surface area contributed by atoms with Crippen LogP contribution in [0.25, 0.3) is 6.08 Å². The molecule has 28 heavy (non-hydrogen) atoms. The van der Waals surface area contributed by atoms with Crippen LogP contribution in [0.15, 0.2) is 54.7 Å². The number of hydrogen-bond donors (Lipinski definition) is 0. The van der Waals surface area contributed by atoms with Crippen molar-refractivity contribution >= 4 is 23.8 Å². The van der Waals surface area contributed by atoms with E-state index >= 15 is 0 Å². The van der Waals surface area contributed by atoms with Gasteiger partial charge in [-0.15, -0.1) is 0 Å². The molecule has 1 fully saturated rings. The van der Waals surface area contributed by atoms with Crippen LogP contribution in [0.3, 0.4) is 0 Å². The number of rotatable bonds is 6. The van der Waals surface area contributed by atoms with Crippen molar-refractivity contribution in [1.29, 1.82) is 0 Å². The SMILES string of the molecule is COc1ccccc1/C=C/C(=O)OCC(=O)N1CCN(c2ccccn2)CC1. The Balaban J connectivity index is 1.44. The fourth-order valence-corrected chi connectivity index (χ4v) is 2.96. The minimum Gasteiger partial charge on any atom is -0.496 e. The van der Waals surface area contributed by atoms with E-state index in [0.717, 1.165) is 11.4 Å². The molecule has 0 aliphatic carbocycles. The molecule has 0 bridgehead atoms. The Morgan fingerprint density at radius 1 is 1.07 bits per heavy atom. The summed E-state index contributed by atoms with van der Waals surface area (Å²) in [6.45, 7) is 2.28. The van der Waals surface area contributed by atoms with E-state index < -0.39 is 5.97 Å². The maximum absolute atomic E-state index is 12.3. The lowest BCUT2D eigenvalue weighted by Crippen LogP contribution is -2.50. The summed E-state index contributed by atoms with van der Waals surface area (Å²) in [6, 6.07) is 13.1. The van der Waals surface area contributed by atoms with E-state index in [1.165, 1.54) is 6.08 Å². The molecule has 1 aliphatic rings. The standard InChI is InChI=1S/C21H23N3O4/c1-27-18-7-3-2-6-17(18)9-10-21(26)28-16-20(25)24-14-12-23(13-15-24)19-8-4-5-11-22-19/h2-11H,12-16H2,1H3/b10-9+. The lowest BCUT2D eigenvalue weighted by Gasteiger charge is -2.35. The molecular weight excluding hydrogens is 358 g/mol. The monoisotopic (exact) mass is 381 g/mol. The van der Waals surface area contributed by atoms with Crippen molar-refractivity contribution in [3.8, 4) is 5.75 Å². The number of carbonyl (C=O) groups is 2. The molecule has 7 heteroatoms. The van der Waals surface area contributed by atoms with Gasteiger partial charge in [-0.2, -0.15) is 0 Å². The summed E-state index contributed by atoms with van der Waals surface area (Å²) in [4.78, 5) is 32.4. The zero-order valence-corrected chi connectivity index (χ0v) is 15.8. The number of aromatic nitrogens is 1. The van der Waals surface area contributed by atoms with Crippen LogP contribution in [-0.2, 0) is 14.3 Å². The maximum atomic E-state index is 12.3. The number of amides is 1. The smallest absolute Gasteiger partial charge is 0.331 e. The van der Waals surface area contributed by atoms with Gasteiger partial charge in [-0.25, -0.2) is 9.78 Å². The number of piperazine rings is 1. The minimum atomic E-state index is -0.564. The second kappa shape index (κ2) is 9.55. The molecule has 146 valence electrons. The van der Waals surface area contributed by atoms with Crippen molar-refractivity contribution in [2.75, 3.05) is 44.8 Å². The number of ether oxygens (including phenoxy) is 2. The third kappa shape index (κ3) is 5.09. The van der Waals surface area contributed by atoms with Gasteiger partial charge in [0.2, 0.25) is 0 Å². The van der Waals surface area contributed by atoms with E-state index in [9.17, 15) is 9.59 Å². The van der Waals surface area contributed by atoms with Gasteiger partial charge in [0.15, 0.2) is 6.61 Å². The lowest BCUT2D eigenvalue weighted by atomic mass is 10.2. The molecule has 0 unspecified atom stereocenters.